The number of alkyl halides is 6. The number of hydrogen-bond donors (Lipinski definition) is 4. The first-order valence-corrected chi connectivity index (χ1v) is 11.0. The van der Waals surface area contributed by atoms with Crippen LogP contribution in [0, 0.1) is 23.0 Å². The zero-order chi connectivity index (χ0) is 31.5. The first-order valence-electron chi connectivity index (χ1n) is 11.0. The van der Waals surface area contributed by atoms with Gasteiger partial charge in [-0.3, -0.25) is 4.99 Å². The number of anilines is 1. The van der Waals surface area contributed by atoms with Crippen molar-refractivity contribution in [3.8, 4) is 6.07 Å². The Kier molecular flexibility index (Phi) is 8.37. The Hall–Kier alpha value is -5.34. The number of fused-ring (bicyclic) bond motifs is 1. The van der Waals surface area contributed by atoms with Crippen molar-refractivity contribution in [2.45, 2.75) is 23.6 Å². The van der Waals surface area contributed by atoms with E-state index in [1.165, 1.54) is 6.07 Å². The second kappa shape index (κ2) is 11.3. The minimum absolute atomic E-state index is 0.0189. The van der Waals surface area contributed by atoms with E-state index in [9.17, 15) is 40.4 Å². The van der Waals surface area contributed by atoms with Crippen LogP contribution in [0.3, 0.4) is 0 Å². The molecule has 0 amide bonds. The molecule has 2 unspecified atom stereocenters. The van der Waals surface area contributed by atoms with Crippen molar-refractivity contribution < 1.29 is 54.9 Å². The second-order valence-corrected chi connectivity index (χ2v) is 8.22. The number of aliphatic imine (C=N–C) groups is 2. The van der Waals surface area contributed by atoms with Crippen molar-refractivity contribution in [3.63, 3.8) is 0 Å². The highest BCUT2D eigenvalue weighted by Crippen LogP contribution is 2.41. The molecule has 1 aromatic heterocycles. The molecule has 1 aromatic carbocycles. The molecule has 0 saturated heterocycles. The molecule has 4 N–H and O–H groups in total. The van der Waals surface area contributed by atoms with Crippen LogP contribution in [0.5, 0.6) is 0 Å². The number of carboxylic acid groups (broad SMARTS) is 2. The van der Waals surface area contributed by atoms with Crippen molar-refractivity contribution in [2.75, 3.05) is 5.32 Å². The second-order valence-electron chi connectivity index (χ2n) is 8.22. The van der Waals surface area contributed by atoms with E-state index in [0.29, 0.717) is 5.82 Å². The molecular formula is C24H14F8N6O4. The summed E-state index contributed by atoms with van der Waals surface area (Å²) in [6.07, 6.45) is 0.194. The van der Waals surface area contributed by atoms with Gasteiger partial charge in [-0.25, -0.2) is 28.3 Å². The van der Waals surface area contributed by atoms with Crippen LogP contribution in [0.15, 0.2) is 58.8 Å². The number of hydrogen-bond acceptors (Lipinski definition) is 8. The van der Waals surface area contributed by atoms with Crippen LogP contribution < -0.4 is 10.6 Å². The molecule has 18 heteroatoms. The van der Waals surface area contributed by atoms with Crippen LogP contribution in [-0.4, -0.2) is 62.7 Å². The molecule has 10 nitrogen and oxygen atoms in total. The maximum Gasteiger partial charge on any atom is 0.490 e. The fourth-order valence-electron chi connectivity index (χ4n) is 3.64. The first-order chi connectivity index (χ1) is 19.5. The van der Waals surface area contributed by atoms with Crippen molar-refractivity contribution in [3.05, 3.63) is 77.1 Å². The lowest BCUT2D eigenvalue weighted by Crippen LogP contribution is -2.61. The summed E-state index contributed by atoms with van der Waals surface area (Å²) in [6.45, 7) is 0. The summed E-state index contributed by atoms with van der Waals surface area (Å²) in [7, 11) is 0. The van der Waals surface area contributed by atoms with Gasteiger partial charge >= 0.3 is 24.3 Å². The van der Waals surface area contributed by atoms with Gasteiger partial charge in [0.1, 0.15) is 23.3 Å². The van der Waals surface area contributed by atoms with Crippen molar-refractivity contribution in [1.82, 2.24) is 10.3 Å². The average molecular weight is 602 g/mol. The van der Waals surface area contributed by atoms with E-state index < -0.39 is 47.1 Å². The Labute approximate surface area is 229 Å². The monoisotopic (exact) mass is 602 g/mol. The third kappa shape index (κ3) is 6.19. The minimum atomic E-state index is -5.08. The molecule has 2 aromatic rings. The number of halogens is 8. The molecule has 3 aliphatic heterocycles. The fraction of sp³-hybridized carbons (Fsp3) is 0.167. The molecular weight excluding hydrogens is 588 g/mol. The molecule has 0 radical (unpaired) electrons. The van der Waals surface area contributed by atoms with Gasteiger partial charge in [-0.2, -0.15) is 31.6 Å². The van der Waals surface area contributed by atoms with Gasteiger partial charge in [0.2, 0.25) is 0 Å². The van der Waals surface area contributed by atoms with Gasteiger partial charge in [0.15, 0.2) is 17.3 Å². The van der Waals surface area contributed by atoms with E-state index in [1.54, 1.807) is 24.7 Å². The normalized spacial score (nSPS) is 21.2. The lowest BCUT2D eigenvalue weighted by Gasteiger charge is -2.38. The molecule has 0 aliphatic carbocycles. The lowest BCUT2D eigenvalue weighted by atomic mass is 9.84. The molecule has 5 rings (SSSR count). The van der Waals surface area contributed by atoms with Crippen LogP contribution >= 0.6 is 0 Å². The number of nitrogens with zero attached hydrogens (tertiary/aromatic N) is 4. The predicted octanol–water partition coefficient (Wildman–Crippen LogP) is 4.02. The summed E-state index contributed by atoms with van der Waals surface area (Å²) in [6, 6.07) is 7.77. The van der Waals surface area contributed by atoms with E-state index in [2.05, 4.69) is 25.6 Å². The molecule has 0 saturated carbocycles. The highest BCUT2D eigenvalue weighted by atomic mass is 19.4. The maximum atomic E-state index is 14.6. The largest absolute Gasteiger partial charge is 0.490 e. The van der Waals surface area contributed by atoms with E-state index in [1.807, 2.05) is 30.4 Å². The van der Waals surface area contributed by atoms with Gasteiger partial charge in [-0.15, -0.1) is 0 Å². The van der Waals surface area contributed by atoms with Gasteiger partial charge in [0.05, 0.1) is 17.3 Å². The number of pyridine rings is 1. The zero-order valence-corrected chi connectivity index (χ0v) is 20.3. The number of carbonyl (C=O) groups is 2. The topological polar surface area (TPSA) is 160 Å². The summed E-state index contributed by atoms with van der Waals surface area (Å²) in [5.41, 5.74) is -1.47. The van der Waals surface area contributed by atoms with Crippen LogP contribution in [-0.2, 0) is 9.59 Å². The van der Waals surface area contributed by atoms with Gasteiger partial charge in [-0.1, -0.05) is 6.08 Å². The van der Waals surface area contributed by atoms with Gasteiger partial charge in [-0.05, 0) is 36.4 Å². The summed E-state index contributed by atoms with van der Waals surface area (Å²) < 4.78 is 92.0. The van der Waals surface area contributed by atoms with E-state index in [-0.39, 0.29) is 17.0 Å². The third-order valence-corrected chi connectivity index (χ3v) is 5.54. The Morgan fingerprint density at radius 2 is 1.57 bits per heavy atom. The summed E-state index contributed by atoms with van der Waals surface area (Å²) >= 11 is 0. The molecule has 42 heavy (non-hydrogen) atoms. The summed E-state index contributed by atoms with van der Waals surface area (Å²) in [5.74, 6) is -7.06. The number of carboxylic acids is 2. The highest BCUT2D eigenvalue weighted by Gasteiger charge is 2.56. The van der Waals surface area contributed by atoms with Crippen LogP contribution in [0.2, 0.25) is 0 Å². The van der Waals surface area contributed by atoms with Gasteiger partial charge < -0.3 is 20.8 Å². The molecule has 3 aliphatic rings. The number of rotatable bonds is 1. The van der Waals surface area contributed by atoms with Crippen LogP contribution in [0.1, 0.15) is 16.7 Å². The number of amidine groups is 1. The van der Waals surface area contributed by atoms with Crippen molar-refractivity contribution in [1.29, 1.82) is 5.26 Å². The molecule has 2 atom stereocenters. The van der Waals surface area contributed by atoms with E-state index in [0.717, 1.165) is 11.6 Å². The van der Waals surface area contributed by atoms with Crippen molar-refractivity contribution >= 4 is 35.9 Å². The standard InChI is InChI=1S/C20H12F2N6.2C2HF3O2/c21-14-4-3-13(10-23)15(16(14)22)18-26-19-6-5-12-2-1-8-25-17(12)27-20(19,28-18)11-24-9-7-19;2*3-2(4,5)1(6)7/h1-9,11H,(H,25,27)(H,26,28);2*(H,6,7). The Balaban J connectivity index is 0.000000289. The Morgan fingerprint density at radius 3 is 2.14 bits per heavy atom. The SMILES string of the molecule is N#Cc1ccc(F)c(F)c1C1=NC23C=NC=CC2(C=Cc2cccnc2N3)N1.O=C(O)C(F)(F)F.O=C(O)C(F)(F)F. The Bertz CT molecular complexity index is 1550. The van der Waals surface area contributed by atoms with Gasteiger partial charge in [0.25, 0.3) is 0 Å². The smallest absolute Gasteiger partial charge is 0.475 e. The Morgan fingerprint density at radius 1 is 0.952 bits per heavy atom. The quantitative estimate of drug-likeness (QED) is 0.356. The maximum absolute atomic E-state index is 14.6. The molecule has 4 heterocycles. The molecule has 0 bridgehead atoms. The van der Waals surface area contributed by atoms with Crippen molar-refractivity contribution in [2.24, 2.45) is 9.98 Å². The fourth-order valence-corrected chi connectivity index (χ4v) is 3.64. The number of nitrogens with one attached hydrogen (secondary N) is 2. The van der Waals surface area contributed by atoms with Gasteiger partial charge in [0, 0.05) is 18.0 Å². The number of aromatic nitrogens is 1. The summed E-state index contributed by atoms with van der Waals surface area (Å²) in [4.78, 5) is 31.0. The van der Waals surface area contributed by atoms with Crippen LogP contribution in [0.25, 0.3) is 6.08 Å². The number of benzene rings is 1. The average Bonchev–Trinajstić information content (AvgIpc) is 3.16. The first kappa shape index (κ1) is 31.2. The zero-order valence-electron chi connectivity index (χ0n) is 20.3. The highest BCUT2D eigenvalue weighted by molar-refractivity contribution is 6.07. The molecule has 0 fully saturated rings. The number of aliphatic carboxylic acids is 2. The third-order valence-electron chi connectivity index (χ3n) is 5.54. The number of nitriles is 1. The molecule has 220 valence electrons. The van der Waals surface area contributed by atoms with E-state index >= 15 is 0 Å². The van der Waals surface area contributed by atoms with Crippen LogP contribution in [0.4, 0.5) is 40.9 Å². The van der Waals surface area contributed by atoms with E-state index in [4.69, 9.17) is 19.8 Å². The molecule has 0 spiro atoms. The predicted molar refractivity (Wildman–Crippen MR) is 128 cm³/mol. The lowest BCUT2D eigenvalue weighted by molar-refractivity contribution is -0.193. The summed E-state index contributed by atoms with van der Waals surface area (Å²) in [5, 5.41) is 30.1. The minimum Gasteiger partial charge on any atom is -0.475 e.